The van der Waals surface area contributed by atoms with Gasteiger partial charge in [0.1, 0.15) is 0 Å². The number of piperazine rings is 1. The molecule has 0 aromatic rings. The van der Waals surface area contributed by atoms with Crippen LogP contribution in [0.5, 0.6) is 0 Å². The highest BCUT2D eigenvalue weighted by Gasteiger charge is 2.11. The SMILES string of the molecule is CC.CC.CC1CCCN(C)C1.CCN1CCN(C)CC1.CN1CCCNCC1. The maximum Gasteiger partial charge on any atom is 0.0110 e. The molecule has 1 N–H and O–H groups in total. The van der Waals surface area contributed by atoms with E-state index >= 15 is 0 Å². The lowest BCUT2D eigenvalue weighted by Crippen LogP contribution is -2.44. The molecule has 1 atom stereocenters. The zero-order chi connectivity index (χ0) is 22.5. The van der Waals surface area contributed by atoms with Gasteiger partial charge in [0.05, 0.1) is 0 Å². The van der Waals surface area contributed by atoms with Crippen molar-refractivity contribution in [3.05, 3.63) is 0 Å². The van der Waals surface area contributed by atoms with Crippen molar-refractivity contribution in [2.45, 2.75) is 60.8 Å². The van der Waals surface area contributed by atoms with Gasteiger partial charge in [0.25, 0.3) is 0 Å². The van der Waals surface area contributed by atoms with Crippen LogP contribution in [0, 0.1) is 5.92 Å². The molecule has 0 spiro atoms. The average Bonchev–Trinajstić information content (AvgIpc) is 3.00. The van der Waals surface area contributed by atoms with Gasteiger partial charge in [0, 0.05) is 45.8 Å². The highest BCUT2D eigenvalue weighted by molar-refractivity contribution is 4.67. The number of nitrogens with one attached hydrogen (secondary N) is 1. The van der Waals surface area contributed by atoms with Crippen molar-refractivity contribution < 1.29 is 0 Å². The first kappa shape index (κ1) is 31.0. The molecule has 3 fully saturated rings. The fraction of sp³-hybridized carbons (Fsp3) is 1.00. The fourth-order valence-electron chi connectivity index (χ4n) is 3.57. The minimum atomic E-state index is 0.939. The molecule has 0 saturated carbocycles. The van der Waals surface area contributed by atoms with Gasteiger partial charge in [-0.3, -0.25) is 0 Å². The van der Waals surface area contributed by atoms with Crippen molar-refractivity contribution in [1.29, 1.82) is 0 Å². The smallest absolute Gasteiger partial charge is 0.0110 e. The van der Waals surface area contributed by atoms with Crippen LogP contribution in [0.4, 0.5) is 0 Å². The van der Waals surface area contributed by atoms with Gasteiger partial charge in [-0.15, -0.1) is 0 Å². The van der Waals surface area contributed by atoms with E-state index in [9.17, 15) is 0 Å². The first-order valence-electron chi connectivity index (χ1n) is 12.5. The second-order valence-corrected chi connectivity index (χ2v) is 8.15. The van der Waals surface area contributed by atoms with Gasteiger partial charge >= 0.3 is 0 Å². The lowest BCUT2D eigenvalue weighted by Gasteiger charge is -2.31. The van der Waals surface area contributed by atoms with E-state index in [1.165, 1.54) is 84.7 Å². The Hall–Kier alpha value is -0.200. The summed E-state index contributed by atoms with van der Waals surface area (Å²) in [6.45, 7) is 26.2. The quantitative estimate of drug-likeness (QED) is 0.706. The zero-order valence-electron chi connectivity index (χ0n) is 21.8. The predicted molar refractivity (Wildman–Crippen MR) is 133 cm³/mol. The van der Waals surface area contributed by atoms with Gasteiger partial charge in [-0.05, 0) is 72.5 Å². The van der Waals surface area contributed by atoms with Crippen LogP contribution < -0.4 is 5.32 Å². The summed E-state index contributed by atoms with van der Waals surface area (Å²) in [6.07, 6.45) is 4.14. The fourth-order valence-corrected chi connectivity index (χ4v) is 3.57. The van der Waals surface area contributed by atoms with Gasteiger partial charge in [-0.2, -0.15) is 0 Å². The van der Waals surface area contributed by atoms with Crippen molar-refractivity contribution in [2.24, 2.45) is 5.92 Å². The number of rotatable bonds is 1. The largest absolute Gasteiger partial charge is 0.315 e. The lowest BCUT2D eigenvalue weighted by atomic mass is 10.0. The van der Waals surface area contributed by atoms with Crippen molar-refractivity contribution in [2.75, 3.05) is 93.1 Å². The molecular weight excluding hydrogens is 358 g/mol. The van der Waals surface area contributed by atoms with Gasteiger partial charge in [0.15, 0.2) is 0 Å². The van der Waals surface area contributed by atoms with E-state index in [1.807, 2.05) is 27.7 Å². The van der Waals surface area contributed by atoms with Crippen LogP contribution >= 0.6 is 0 Å². The summed E-state index contributed by atoms with van der Waals surface area (Å²) in [7, 11) is 6.57. The molecule has 3 rings (SSSR count). The molecule has 3 aliphatic heterocycles. The monoisotopic (exact) mass is 415 g/mol. The summed E-state index contributed by atoms with van der Waals surface area (Å²) >= 11 is 0. The van der Waals surface area contributed by atoms with Crippen LogP contribution in [0.1, 0.15) is 60.8 Å². The van der Waals surface area contributed by atoms with Gasteiger partial charge in [-0.1, -0.05) is 41.5 Å². The Kier molecular flexibility index (Phi) is 24.0. The van der Waals surface area contributed by atoms with E-state index in [-0.39, 0.29) is 0 Å². The van der Waals surface area contributed by atoms with Crippen LogP contribution in [0.3, 0.4) is 0 Å². The molecule has 5 heteroatoms. The molecule has 0 bridgehead atoms. The molecule has 0 aromatic heterocycles. The summed E-state index contributed by atoms with van der Waals surface area (Å²) in [5, 5.41) is 3.34. The molecule has 5 nitrogen and oxygen atoms in total. The van der Waals surface area contributed by atoms with Crippen molar-refractivity contribution in [3.63, 3.8) is 0 Å². The third kappa shape index (κ3) is 19.5. The second kappa shape index (κ2) is 22.5. The summed E-state index contributed by atoms with van der Waals surface area (Å²) in [6, 6.07) is 0. The summed E-state index contributed by atoms with van der Waals surface area (Å²) in [4.78, 5) is 9.64. The summed E-state index contributed by atoms with van der Waals surface area (Å²) in [5.74, 6) is 0.939. The van der Waals surface area contributed by atoms with Crippen LogP contribution in [0.2, 0.25) is 0 Å². The number of likely N-dealkylation sites (N-methyl/N-ethyl adjacent to an activating group) is 3. The minimum Gasteiger partial charge on any atom is -0.315 e. The number of likely N-dealkylation sites (tertiary alicyclic amines) is 1. The number of hydrogen-bond acceptors (Lipinski definition) is 5. The molecule has 0 radical (unpaired) electrons. The van der Waals surface area contributed by atoms with E-state index in [0.717, 1.165) is 12.5 Å². The number of nitrogens with zero attached hydrogens (tertiary/aromatic N) is 4. The highest BCUT2D eigenvalue weighted by atomic mass is 15.2. The molecule has 3 heterocycles. The zero-order valence-corrected chi connectivity index (χ0v) is 21.8. The van der Waals surface area contributed by atoms with Crippen LogP contribution in [0.25, 0.3) is 0 Å². The van der Waals surface area contributed by atoms with Crippen molar-refractivity contribution in [1.82, 2.24) is 24.9 Å². The Bertz CT molecular complexity index is 290. The Labute approximate surface area is 185 Å². The molecule has 0 aliphatic carbocycles. The predicted octanol–water partition coefficient (Wildman–Crippen LogP) is 3.57. The van der Waals surface area contributed by atoms with E-state index in [1.54, 1.807) is 0 Å². The average molecular weight is 416 g/mol. The minimum absolute atomic E-state index is 0.939. The molecular formula is C24H57N5. The van der Waals surface area contributed by atoms with Gasteiger partial charge in [-0.25, -0.2) is 0 Å². The molecule has 0 amide bonds. The Morgan fingerprint density at radius 3 is 1.72 bits per heavy atom. The molecule has 178 valence electrons. The Morgan fingerprint density at radius 2 is 1.24 bits per heavy atom. The Balaban J connectivity index is 0. The summed E-state index contributed by atoms with van der Waals surface area (Å²) in [5.41, 5.74) is 0. The van der Waals surface area contributed by atoms with E-state index in [0.29, 0.717) is 0 Å². The molecule has 29 heavy (non-hydrogen) atoms. The van der Waals surface area contributed by atoms with E-state index in [2.05, 4.69) is 59.9 Å². The highest BCUT2D eigenvalue weighted by Crippen LogP contribution is 2.12. The van der Waals surface area contributed by atoms with Crippen LogP contribution in [0.15, 0.2) is 0 Å². The first-order chi connectivity index (χ1) is 14.0. The molecule has 3 saturated heterocycles. The normalized spacial score (nSPS) is 24.1. The maximum atomic E-state index is 3.34. The topological polar surface area (TPSA) is 25.0 Å². The second-order valence-electron chi connectivity index (χ2n) is 8.15. The molecule has 3 aliphatic rings. The van der Waals surface area contributed by atoms with Crippen molar-refractivity contribution in [3.8, 4) is 0 Å². The standard InChI is InChI=1S/C7H16N2.C7H15N.C6H14N2.2C2H6/c1-3-9-6-4-8(2)5-7-9;1-7-4-3-5-8(2)6-7;1-8-5-2-3-7-4-6-8;2*1-2/h3-7H2,1-2H3;7H,3-6H2,1-2H3;7H,2-6H2,1H3;2*1-2H3. The maximum absolute atomic E-state index is 3.34. The summed E-state index contributed by atoms with van der Waals surface area (Å²) < 4.78 is 0. The van der Waals surface area contributed by atoms with Crippen LogP contribution in [-0.2, 0) is 0 Å². The van der Waals surface area contributed by atoms with Crippen molar-refractivity contribution >= 4 is 0 Å². The molecule has 0 aromatic carbocycles. The third-order valence-corrected chi connectivity index (χ3v) is 5.47. The molecule has 1 unspecified atom stereocenters. The lowest BCUT2D eigenvalue weighted by molar-refractivity contribution is 0.160. The number of piperidine rings is 1. The Morgan fingerprint density at radius 1 is 0.690 bits per heavy atom. The van der Waals surface area contributed by atoms with Gasteiger partial charge < -0.3 is 24.9 Å². The third-order valence-electron chi connectivity index (χ3n) is 5.47. The van der Waals surface area contributed by atoms with E-state index < -0.39 is 0 Å². The first-order valence-corrected chi connectivity index (χ1v) is 12.5. The van der Waals surface area contributed by atoms with E-state index in [4.69, 9.17) is 0 Å². The van der Waals surface area contributed by atoms with Crippen LogP contribution in [-0.4, -0.2) is 113 Å². The number of hydrogen-bond donors (Lipinski definition) is 1. The van der Waals surface area contributed by atoms with Gasteiger partial charge in [0.2, 0.25) is 0 Å².